The van der Waals surface area contributed by atoms with Crippen LogP contribution in [0, 0.1) is 5.82 Å². The van der Waals surface area contributed by atoms with Crippen LogP contribution in [0.1, 0.15) is 11.3 Å². The molecule has 0 aliphatic heterocycles. The molecule has 0 saturated carbocycles. The van der Waals surface area contributed by atoms with Crippen molar-refractivity contribution in [3.63, 3.8) is 0 Å². The van der Waals surface area contributed by atoms with Crippen molar-refractivity contribution < 1.29 is 17.6 Å². The number of nitrogens with zero attached hydrogens (tertiary/aromatic N) is 3. The van der Waals surface area contributed by atoms with Gasteiger partial charge in [-0.2, -0.15) is 13.2 Å². The predicted molar refractivity (Wildman–Crippen MR) is 132 cm³/mol. The maximum absolute atomic E-state index is 13.6. The maximum Gasteiger partial charge on any atom is 0.433 e. The number of anilines is 1. The Balaban J connectivity index is 1.26. The fourth-order valence-electron chi connectivity index (χ4n) is 3.97. The van der Waals surface area contributed by atoms with E-state index in [0.29, 0.717) is 41.2 Å². The van der Waals surface area contributed by atoms with E-state index in [2.05, 4.69) is 20.3 Å². The van der Waals surface area contributed by atoms with E-state index >= 15 is 0 Å². The molecule has 5 aromatic rings. The molecule has 2 aromatic carbocycles. The van der Waals surface area contributed by atoms with Gasteiger partial charge in [-0.3, -0.25) is 9.97 Å². The summed E-state index contributed by atoms with van der Waals surface area (Å²) in [6, 6.07) is 20.1. The Hall–Kier alpha value is -4.33. The molecule has 0 amide bonds. The minimum absolute atomic E-state index is 0.314. The standard InChI is InChI=1S/C28H20F4N4/c29-23-3-1-2-22(14-23)25-15-21-10-13-35-27(24(21)17-36-25)34-11-8-18-4-6-19(7-5-18)20-9-12-33-26(16-20)28(30,31)32/h1-7,9-10,12-17H,8,11H2,(H,34,35). The van der Waals surface area contributed by atoms with Crippen molar-refractivity contribution in [1.29, 1.82) is 0 Å². The number of pyridine rings is 3. The fraction of sp³-hybridized carbons (Fsp3) is 0.107. The lowest BCUT2D eigenvalue weighted by Crippen LogP contribution is -2.07. The van der Waals surface area contributed by atoms with Gasteiger partial charge in [-0.1, -0.05) is 36.4 Å². The topological polar surface area (TPSA) is 50.7 Å². The van der Waals surface area contributed by atoms with Crippen molar-refractivity contribution >= 4 is 16.6 Å². The molecule has 0 aliphatic rings. The highest BCUT2D eigenvalue weighted by molar-refractivity contribution is 5.93. The van der Waals surface area contributed by atoms with Crippen molar-refractivity contribution in [2.24, 2.45) is 0 Å². The van der Waals surface area contributed by atoms with Gasteiger partial charge in [0.25, 0.3) is 0 Å². The van der Waals surface area contributed by atoms with Crippen LogP contribution < -0.4 is 5.32 Å². The lowest BCUT2D eigenvalue weighted by Gasteiger charge is -2.11. The largest absolute Gasteiger partial charge is 0.433 e. The minimum Gasteiger partial charge on any atom is -0.369 e. The van der Waals surface area contributed by atoms with Crippen LogP contribution in [-0.2, 0) is 12.6 Å². The molecule has 8 heteroatoms. The van der Waals surface area contributed by atoms with Crippen LogP contribution in [0.3, 0.4) is 0 Å². The summed E-state index contributed by atoms with van der Waals surface area (Å²) in [5, 5.41) is 5.12. The Bertz CT molecular complexity index is 1510. The molecule has 0 saturated heterocycles. The number of benzene rings is 2. The van der Waals surface area contributed by atoms with Crippen LogP contribution in [0.25, 0.3) is 33.2 Å². The second-order valence-corrected chi connectivity index (χ2v) is 8.26. The number of alkyl halides is 3. The van der Waals surface area contributed by atoms with Crippen LogP contribution in [0.4, 0.5) is 23.4 Å². The highest BCUT2D eigenvalue weighted by Crippen LogP contribution is 2.31. The summed E-state index contributed by atoms with van der Waals surface area (Å²) in [7, 11) is 0. The summed E-state index contributed by atoms with van der Waals surface area (Å²) in [6.45, 7) is 0.602. The molecule has 0 unspecified atom stereocenters. The molecule has 180 valence electrons. The second-order valence-electron chi connectivity index (χ2n) is 8.26. The first-order chi connectivity index (χ1) is 17.4. The van der Waals surface area contributed by atoms with E-state index in [1.807, 2.05) is 30.3 Å². The summed E-state index contributed by atoms with van der Waals surface area (Å²) >= 11 is 0. The first-order valence-electron chi connectivity index (χ1n) is 11.2. The molecule has 0 atom stereocenters. The molecule has 4 nitrogen and oxygen atoms in total. The van der Waals surface area contributed by atoms with Gasteiger partial charge in [0.2, 0.25) is 0 Å². The third kappa shape index (κ3) is 5.17. The van der Waals surface area contributed by atoms with E-state index in [4.69, 9.17) is 0 Å². The van der Waals surface area contributed by atoms with E-state index in [-0.39, 0.29) is 5.82 Å². The molecule has 1 N–H and O–H groups in total. The van der Waals surface area contributed by atoms with Gasteiger partial charge in [-0.25, -0.2) is 9.37 Å². The molecule has 5 rings (SSSR count). The van der Waals surface area contributed by atoms with Gasteiger partial charge in [-0.05, 0) is 64.9 Å². The Morgan fingerprint density at radius 1 is 0.750 bits per heavy atom. The number of hydrogen-bond donors (Lipinski definition) is 1. The number of rotatable bonds is 6. The summed E-state index contributed by atoms with van der Waals surface area (Å²) in [6.07, 6.45) is 0.816. The highest BCUT2D eigenvalue weighted by atomic mass is 19.4. The van der Waals surface area contributed by atoms with Crippen molar-refractivity contribution in [1.82, 2.24) is 15.0 Å². The van der Waals surface area contributed by atoms with Gasteiger partial charge < -0.3 is 5.32 Å². The van der Waals surface area contributed by atoms with Crippen LogP contribution in [0.15, 0.2) is 91.4 Å². The Morgan fingerprint density at radius 3 is 2.33 bits per heavy atom. The highest BCUT2D eigenvalue weighted by Gasteiger charge is 2.32. The third-order valence-corrected chi connectivity index (χ3v) is 5.81. The van der Waals surface area contributed by atoms with Crippen LogP contribution >= 0.6 is 0 Å². The molecule has 0 spiro atoms. The fourth-order valence-corrected chi connectivity index (χ4v) is 3.97. The minimum atomic E-state index is -4.48. The quantitative estimate of drug-likeness (QED) is 0.258. The number of halogens is 4. The molecule has 0 aliphatic carbocycles. The van der Waals surface area contributed by atoms with Gasteiger partial charge in [0.15, 0.2) is 0 Å². The smallest absolute Gasteiger partial charge is 0.369 e. The van der Waals surface area contributed by atoms with Gasteiger partial charge in [0.05, 0.1) is 5.69 Å². The third-order valence-electron chi connectivity index (χ3n) is 5.81. The first-order valence-corrected chi connectivity index (χ1v) is 11.2. The van der Waals surface area contributed by atoms with E-state index in [1.165, 1.54) is 18.3 Å². The maximum atomic E-state index is 13.6. The average Bonchev–Trinajstić information content (AvgIpc) is 2.88. The molecule has 0 bridgehead atoms. The predicted octanol–water partition coefficient (Wildman–Crippen LogP) is 7.17. The van der Waals surface area contributed by atoms with Crippen LogP contribution in [0.5, 0.6) is 0 Å². The van der Waals surface area contributed by atoms with Crippen LogP contribution in [-0.4, -0.2) is 21.5 Å². The normalized spacial score (nSPS) is 11.6. The summed E-state index contributed by atoms with van der Waals surface area (Å²) in [5.74, 6) is 0.380. The molecule has 3 heterocycles. The Morgan fingerprint density at radius 2 is 1.56 bits per heavy atom. The summed E-state index contributed by atoms with van der Waals surface area (Å²) in [4.78, 5) is 12.3. The SMILES string of the molecule is Fc1cccc(-c2cc3ccnc(NCCc4ccc(-c5ccnc(C(F)(F)F)c5)cc4)c3cn2)c1. The Labute approximate surface area is 204 Å². The molecule has 0 radical (unpaired) electrons. The van der Waals surface area contributed by atoms with E-state index in [1.54, 1.807) is 36.7 Å². The summed E-state index contributed by atoms with van der Waals surface area (Å²) in [5.41, 5.74) is 2.66. The van der Waals surface area contributed by atoms with Crippen molar-refractivity contribution in [2.45, 2.75) is 12.6 Å². The van der Waals surface area contributed by atoms with E-state index in [0.717, 1.165) is 22.4 Å². The lowest BCUT2D eigenvalue weighted by molar-refractivity contribution is -0.141. The van der Waals surface area contributed by atoms with Crippen molar-refractivity contribution in [3.8, 4) is 22.4 Å². The van der Waals surface area contributed by atoms with Crippen molar-refractivity contribution in [2.75, 3.05) is 11.9 Å². The Kier molecular flexibility index (Phi) is 6.33. The number of hydrogen-bond acceptors (Lipinski definition) is 4. The molecule has 0 fully saturated rings. The van der Waals surface area contributed by atoms with Gasteiger partial charge in [0.1, 0.15) is 17.3 Å². The molecular formula is C28H20F4N4. The zero-order chi connectivity index (χ0) is 25.1. The molecule has 3 aromatic heterocycles. The van der Waals surface area contributed by atoms with Gasteiger partial charge in [-0.15, -0.1) is 0 Å². The zero-order valence-corrected chi connectivity index (χ0v) is 18.9. The second kappa shape index (κ2) is 9.73. The molecule has 36 heavy (non-hydrogen) atoms. The van der Waals surface area contributed by atoms with E-state index in [9.17, 15) is 17.6 Å². The zero-order valence-electron chi connectivity index (χ0n) is 18.9. The van der Waals surface area contributed by atoms with Gasteiger partial charge in [0, 0.05) is 36.1 Å². The monoisotopic (exact) mass is 488 g/mol. The van der Waals surface area contributed by atoms with Gasteiger partial charge >= 0.3 is 6.18 Å². The van der Waals surface area contributed by atoms with Crippen molar-refractivity contribution in [3.05, 3.63) is 108 Å². The lowest BCUT2D eigenvalue weighted by atomic mass is 10.0. The number of fused-ring (bicyclic) bond motifs is 1. The molecular weight excluding hydrogens is 468 g/mol. The van der Waals surface area contributed by atoms with Crippen LogP contribution in [0.2, 0.25) is 0 Å². The number of nitrogens with one attached hydrogen (secondary N) is 1. The number of aromatic nitrogens is 3. The summed E-state index contributed by atoms with van der Waals surface area (Å²) < 4.78 is 52.4. The van der Waals surface area contributed by atoms with E-state index < -0.39 is 11.9 Å². The first kappa shape index (κ1) is 23.4. The average molecular weight is 488 g/mol.